The molecular formula is C16H21N2OY-. The molecule has 4 heteroatoms. The Kier molecular flexibility index (Phi) is 7.62. The van der Waals surface area contributed by atoms with Crippen molar-refractivity contribution < 1.29 is 37.5 Å². The summed E-state index contributed by atoms with van der Waals surface area (Å²) in [6.07, 6.45) is 0. The van der Waals surface area contributed by atoms with Gasteiger partial charge in [-0.15, -0.1) is 5.56 Å². The van der Waals surface area contributed by atoms with E-state index in [1.54, 1.807) is 13.0 Å². The van der Waals surface area contributed by atoms with E-state index in [0.29, 0.717) is 0 Å². The molecule has 20 heavy (non-hydrogen) atoms. The van der Waals surface area contributed by atoms with Gasteiger partial charge >= 0.3 is 0 Å². The molecule has 0 aliphatic carbocycles. The van der Waals surface area contributed by atoms with Crippen LogP contribution in [-0.4, -0.2) is 11.4 Å². The van der Waals surface area contributed by atoms with Crippen molar-refractivity contribution in [2.75, 3.05) is 0 Å². The zero-order valence-corrected chi connectivity index (χ0v) is 15.7. The molecule has 1 radical (unpaired) electrons. The third kappa shape index (κ3) is 4.40. The van der Waals surface area contributed by atoms with Crippen LogP contribution in [0.1, 0.15) is 44.7 Å². The number of carbonyl (C=O) groups excluding carboxylic acids is 1. The van der Waals surface area contributed by atoms with Gasteiger partial charge in [-0.1, -0.05) is 27.7 Å². The second-order valence-corrected chi connectivity index (χ2v) is 5.45. The average molecular weight is 346 g/mol. The number of hydrogen-bond acceptors (Lipinski definition) is 2. The quantitative estimate of drug-likeness (QED) is 0.853. The van der Waals surface area contributed by atoms with Crippen LogP contribution in [0, 0.1) is 30.2 Å². The van der Waals surface area contributed by atoms with Crippen LogP contribution in [0.15, 0.2) is 18.2 Å². The Morgan fingerprint density at radius 1 is 1.45 bits per heavy atom. The topological polar surface area (TPSA) is 52.9 Å². The fraction of sp³-hybridized carbons (Fsp3) is 0.500. The third-order valence-electron chi connectivity index (χ3n) is 3.70. The predicted octanol–water partition coefficient (Wildman–Crippen LogP) is 2.95. The van der Waals surface area contributed by atoms with Crippen LogP contribution >= 0.6 is 0 Å². The van der Waals surface area contributed by atoms with E-state index in [4.69, 9.17) is 0 Å². The maximum atomic E-state index is 12.3. The summed E-state index contributed by atoms with van der Waals surface area (Å²) in [6, 6.07) is 11.0. The number of nitrogens with zero attached hydrogens (tertiary/aromatic N) is 1. The van der Waals surface area contributed by atoms with Gasteiger partial charge in [-0.05, 0) is 12.8 Å². The van der Waals surface area contributed by atoms with Crippen LogP contribution in [0.2, 0.25) is 0 Å². The van der Waals surface area contributed by atoms with E-state index < -0.39 is 5.54 Å². The van der Waals surface area contributed by atoms with Crippen LogP contribution in [0.3, 0.4) is 0 Å². The SMILES string of the molecule is Cc1ccc[c-]c1C(C)C(=O)NC(C)(C#N)C(C)C.[Y]. The first-order chi connectivity index (χ1) is 8.81. The van der Waals surface area contributed by atoms with E-state index >= 15 is 0 Å². The number of nitrogens with one attached hydrogen (secondary N) is 1. The Bertz CT molecular complexity index is 507. The number of aryl methyl sites for hydroxylation is 1. The number of hydrogen-bond donors (Lipinski definition) is 1. The van der Waals surface area contributed by atoms with Crippen molar-refractivity contribution in [3.63, 3.8) is 0 Å². The summed E-state index contributed by atoms with van der Waals surface area (Å²) in [5.74, 6) is -0.398. The van der Waals surface area contributed by atoms with Gasteiger partial charge in [0.1, 0.15) is 5.54 Å². The van der Waals surface area contributed by atoms with Crippen molar-refractivity contribution in [1.82, 2.24) is 5.32 Å². The second kappa shape index (κ2) is 7.91. The number of carbonyl (C=O) groups is 1. The van der Waals surface area contributed by atoms with Gasteiger partial charge in [-0.2, -0.15) is 35.1 Å². The molecule has 2 atom stereocenters. The molecule has 1 amide bonds. The van der Waals surface area contributed by atoms with Gasteiger partial charge in [0, 0.05) is 38.6 Å². The van der Waals surface area contributed by atoms with Gasteiger partial charge in [0.05, 0.1) is 6.07 Å². The molecule has 0 bridgehead atoms. The van der Waals surface area contributed by atoms with Crippen molar-refractivity contribution in [2.24, 2.45) is 5.92 Å². The summed E-state index contributed by atoms with van der Waals surface area (Å²) in [7, 11) is 0. The first kappa shape index (κ1) is 19.3. The van der Waals surface area contributed by atoms with Gasteiger partial charge < -0.3 is 5.32 Å². The first-order valence-electron chi connectivity index (χ1n) is 6.52. The van der Waals surface area contributed by atoms with Crippen LogP contribution < -0.4 is 5.32 Å². The molecule has 0 spiro atoms. The fourth-order valence-corrected chi connectivity index (χ4v) is 1.80. The van der Waals surface area contributed by atoms with Crippen molar-refractivity contribution in [2.45, 2.75) is 46.1 Å². The molecule has 0 saturated heterocycles. The average Bonchev–Trinajstić information content (AvgIpc) is 2.38. The minimum Gasteiger partial charge on any atom is -0.337 e. The molecule has 0 saturated carbocycles. The largest absolute Gasteiger partial charge is 0.337 e. The van der Waals surface area contributed by atoms with E-state index in [-0.39, 0.29) is 50.5 Å². The second-order valence-electron chi connectivity index (χ2n) is 5.45. The molecule has 0 aliphatic heterocycles. The molecule has 2 unspecified atom stereocenters. The minimum atomic E-state index is -0.839. The molecule has 0 fully saturated rings. The summed E-state index contributed by atoms with van der Waals surface area (Å²) >= 11 is 0. The number of nitriles is 1. The van der Waals surface area contributed by atoms with Gasteiger partial charge in [0.15, 0.2) is 0 Å². The number of benzene rings is 1. The molecular weight excluding hydrogens is 325 g/mol. The Morgan fingerprint density at radius 3 is 2.50 bits per heavy atom. The maximum Gasteiger partial charge on any atom is 0.226 e. The molecule has 1 rings (SSSR count). The summed E-state index contributed by atoms with van der Waals surface area (Å²) in [4.78, 5) is 12.3. The Balaban J connectivity index is 0.00000361. The van der Waals surface area contributed by atoms with E-state index in [0.717, 1.165) is 11.1 Å². The van der Waals surface area contributed by atoms with E-state index in [1.807, 2.05) is 39.8 Å². The van der Waals surface area contributed by atoms with E-state index in [2.05, 4.69) is 17.5 Å². The smallest absolute Gasteiger partial charge is 0.226 e. The molecule has 3 nitrogen and oxygen atoms in total. The summed E-state index contributed by atoms with van der Waals surface area (Å²) in [6.45, 7) is 9.40. The van der Waals surface area contributed by atoms with Crippen LogP contribution in [0.5, 0.6) is 0 Å². The summed E-state index contributed by atoms with van der Waals surface area (Å²) < 4.78 is 0. The molecule has 0 aliphatic rings. The summed E-state index contributed by atoms with van der Waals surface area (Å²) in [5, 5.41) is 12.1. The Labute approximate surface area is 147 Å². The Morgan fingerprint density at radius 2 is 2.05 bits per heavy atom. The molecule has 1 aromatic rings. The van der Waals surface area contributed by atoms with Crippen LogP contribution in [0.4, 0.5) is 0 Å². The number of rotatable bonds is 4. The van der Waals surface area contributed by atoms with E-state index in [1.165, 1.54) is 0 Å². The maximum absolute atomic E-state index is 12.3. The molecule has 0 heterocycles. The first-order valence-corrected chi connectivity index (χ1v) is 6.52. The minimum absolute atomic E-state index is 0. The van der Waals surface area contributed by atoms with Crippen molar-refractivity contribution in [1.29, 1.82) is 5.26 Å². The monoisotopic (exact) mass is 346 g/mol. The molecule has 105 valence electrons. The zero-order chi connectivity index (χ0) is 14.6. The van der Waals surface area contributed by atoms with Gasteiger partial charge in [-0.3, -0.25) is 4.79 Å². The van der Waals surface area contributed by atoms with Crippen molar-refractivity contribution in [3.05, 3.63) is 35.4 Å². The van der Waals surface area contributed by atoms with Crippen LogP contribution in [0.25, 0.3) is 0 Å². The third-order valence-corrected chi connectivity index (χ3v) is 3.70. The zero-order valence-electron chi connectivity index (χ0n) is 12.8. The fourth-order valence-electron chi connectivity index (χ4n) is 1.80. The van der Waals surface area contributed by atoms with Crippen molar-refractivity contribution >= 4 is 5.91 Å². The summed E-state index contributed by atoms with van der Waals surface area (Å²) in [5.41, 5.74) is 1.08. The van der Waals surface area contributed by atoms with Crippen molar-refractivity contribution in [3.8, 4) is 6.07 Å². The van der Waals surface area contributed by atoms with Gasteiger partial charge in [-0.25, -0.2) is 0 Å². The van der Waals surface area contributed by atoms with Gasteiger partial charge in [0.2, 0.25) is 5.91 Å². The molecule has 0 aromatic heterocycles. The molecule has 1 aromatic carbocycles. The predicted molar refractivity (Wildman–Crippen MR) is 75.4 cm³/mol. The normalized spacial score (nSPS) is 14.7. The van der Waals surface area contributed by atoms with E-state index in [9.17, 15) is 10.1 Å². The standard InChI is InChI=1S/C16H21N2O.Y/c1-11(2)16(5,10-17)18-15(19)13(4)14-9-7-6-8-12(14)3;/h6-8,11,13H,1-5H3,(H,18,19);/q-1;. The Hall–Kier alpha value is -0.716. The van der Waals surface area contributed by atoms with Crippen LogP contribution in [-0.2, 0) is 37.5 Å². The molecule has 1 N–H and O–H groups in total. The van der Waals surface area contributed by atoms with Gasteiger partial charge in [0.25, 0.3) is 0 Å². The number of amides is 1.